The third-order valence-electron chi connectivity index (χ3n) is 1.73. The summed E-state index contributed by atoms with van der Waals surface area (Å²) in [7, 11) is 1.86. The first-order valence-electron chi connectivity index (χ1n) is 4.30. The molecule has 0 bridgehead atoms. The Morgan fingerprint density at radius 2 is 2.08 bits per heavy atom. The van der Waals surface area contributed by atoms with Crippen molar-refractivity contribution < 1.29 is 4.74 Å². The Kier molecular flexibility index (Phi) is 4.23. The normalized spacial score (nSPS) is 9.92. The average Bonchev–Trinajstić information content (AvgIpc) is 2.19. The van der Waals surface area contributed by atoms with E-state index in [1.165, 1.54) is 5.56 Å². The molecule has 0 aliphatic heterocycles. The lowest BCUT2D eigenvalue weighted by molar-refractivity contribution is 0.109. The van der Waals surface area contributed by atoms with Crippen molar-refractivity contribution in [2.24, 2.45) is 0 Å². The number of nitrogens with one attached hydrogen (secondary N) is 1. The molecule has 1 aromatic carbocycles. The molecule has 0 heterocycles. The van der Waals surface area contributed by atoms with E-state index in [-0.39, 0.29) is 0 Å². The van der Waals surface area contributed by atoms with Gasteiger partial charge in [-0.2, -0.15) is 0 Å². The molecule has 0 aliphatic carbocycles. The van der Waals surface area contributed by atoms with Crippen LogP contribution in [0.25, 0.3) is 6.08 Å². The Balaban J connectivity index is 2.44. The van der Waals surface area contributed by atoms with Gasteiger partial charge in [0.1, 0.15) is 0 Å². The van der Waals surface area contributed by atoms with E-state index in [0.717, 1.165) is 5.56 Å². The summed E-state index contributed by atoms with van der Waals surface area (Å²) in [6.07, 6.45) is 1.83. The standard InChI is InChI=1S/C11H15NO/c1-3-10-4-6-11(7-5-10)8-13-9-12-2/h3-7,12H,1,8-9H2,2H3. The van der Waals surface area contributed by atoms with Gasteiger partial charge in [0.2, 0.25) is 0 Å². The first kappa shape index (κ1) is 9.96. The molecule has 0 atom stereocenters. The van der Waals surface area contributed by atoms with E-state index in [4.69, 9.17) is 4.74 Å². The lowest BCUT2D eigenvalue weighted by Crippen LogP contribution is -2.11. The number of benzene rings is 1. The van der Waals surface area contributed by atoms with Crippen LogP contribution in [-0.2, 0) is 11.3 Å². The van der Waals surface area contributed by atoms with Crippen LogP contribution in [0, 0.1) is 0 Å². The summed E-state index contributed by atoms with van der Waals surface area (Å²) in [6, 6.07) is 8.16. The van der Waals surface area contributed by atoms with Crippen molar-refractivity contribution >= 4 is 6.08 Å². The first-order chi connectivity index (χ1) is 6.36. The molecule has 2 nitrogen and oxygen atoms in total. The zero-order valence-electron chi connectivity index (χ0n) is 7.92. The summed E-state index contributed by atoms with van der Waals surface area (Å²) in [5.74, 6) is 0. The molecular formula is C11H15NO. The summed E-state index contributed by atoms with van der Waals surface area (Å²) in [4.78, 5) is 0. The molecular weight excluding hydrogens is 162 g/mol. The summed E-state index contributed by atoms with van der Waals surface area (Å²) in [5, 5.41) is 2.92. The summed E-state index contributed by atoms with van der Waals surface area (Å²) in [5.41, 5.74) is 2.32. The molecule has 0 spiro atoms. The molecule has 0 aliphatic rings. The van der Waals surface area contributed by atoms with Gasteiger partial charge in [-0.25, -0.2) is 0 Å². The van der Waals surface area contributed by atoms with E-state index in [1.54, 1.807) is 0 Å². The highest BCUT2D eigenvalue weighted by Gasteiger charge is 1.91. The second kappa shape index (κ2) is 5.51. The van der Waals surface area contributed by atoms with Crippen LogP contribution >= 0.6 is 0 Å². The third kappa shape index (κ3) is 3.40. The second-order valence-electron chi connectivity index (χ2n) is 2.79. The molecule has 0 radical (unpaired) electrons. The third-order valence-corrected chi connectivity index (χ3v) is 1.73. The monoisotopic (exact) mass is 177 g/mol. The zero-order valence-corrected chi connectivity index (χ0v) is 7.92. The molecule has 0 unspecified atom stereocenters. The number of ether oxygens (including phenoxy) is 1. The Hall–Kier alpha value is -1.12. The molecule has 70 valence electrons. The fraction of sp³-hybridized carbons (Fsp3) is 0.273. The van der Waals surface area contributed by atoms with Gasteiger partial charge in [-0.1, -0.05) is 36.9 Å². The molecule has 1 N–H and O–H groups in total. The van der Waals surface area contributed by atoms with Crippen molar-refractivity contribution in [1.82, 2.24) is 5.32 Å². The lowest BCUT2D eigenvalue weighted by atomic mass is 10.1. The van der Waals surface area contributed by atoms with E-state index in [1.807, 2.05) is 37.4 Å². The fourth-order valence-corrected chi connectivity index (χ4v) is 1.02. The van der Waals surface area contributed by atoms with Crippen molar-refractivity contribution in [3.63, 3.8) is 0 Å². The van der Waals surface area contributed by atoms with E-state index < -0.39 is 0 Å². The van der Waals surface area contributed by atoms with Gasteiger partial charge < -0.3 is 4.74 Å². The van der Waals surface area contributed by atoms with Gasteiger partial charge in [0.15, 0.2) is 0 Å². The highest BCUT2D eigenvalue weighted by Crippen LogP contribution is 2.06. The lowest BCUT2D eigenvalue weighted by Gasteiger charge is -2.03. The SMILES string of the molecule is C=Cc1ccc(COCNC)cc1. The van der Waals surface area contributed by atoms with Crippen LogP contribution in [0.4, 0.5) is 0 Å². The fourth-order valence-electron chi connectivity index (χ4n) is 1.02. The highest BCUT2D eigenvalue weighted by molar-refractivity contribution is 5.47. The Bertz CT molecular complexity index is 253. The van der Waals surface area contributed by atoms with Gasteiger partial charge in [-0.05, 0) is 18.2 Å². The topological polar surface area (TPSA) is 21.3 Å². The summed E-state index contributed by atoms with van der Waals surface area (Å²) >= 11 is 0. The predicted molar refractivity (Wildman–Crippen MR) is 55.2 cm³/mol. The van der Waals surface area contributed by atoms with Crippen LogP contribution in [0.5, 0.6) is 0 Å². The van der Waals surface area contributed by atoms with Crippen molar-refractivity contribution in [2.45, 2.75) is 6.61 Å². The Labute approximate surface area is 79.2 Å². The molecule has 2 heteroatoms. The summed E-state index contributed by atoms with van der Waals surface area (Å²) < 4.78 is 5.31. The van der Waals surface area contributed by atoms with Crippen LogP contribution in [0.15, 0.2) is 30.8 Å². The molecule has 1 aromatic rings. The minimum absolute atomic E-state index is 0.587. The molecule has 1 rings (SSSR count). The molecule has 0 fully saturated rings. The molecule has 13 heavy (non-hydrogen) atoms. The van der Waals surface area contributed by atoms with Gasteiger partial charge in [0, 0.05) is 0 Å². The van der Waals surface area contributed by atoms with E-state index >= 15 is 0 Å². The summed E-state index contributed by atoms with van der Waals surface area (Å²) in [6.45, 7) is 4.93. The van der Waals surface area contributed by atoms with Crippen LogP contribution in [0.3, 0.4) is 0 Å². The van der Waals surface area contributed by atoms with Gasteiger partial charge in [0.05, 0.1) is 13.3 Å². The maximum atomic E-state index is 5.31. The van der Waals surface area contributed by atoms with Crippen molar-refractivity contribution in [1.29, 1.82) is 0 Å². The van der Waals surface area contributed by atoms with Gasteiger partial charge in [0.25, 0.3) is 0 Å². The van der Waals surface area contributed by atoms with Gasteiger partial charge in [-0.15, -0.1) is 0 Å². The molecule has 0 saturated heterocycles. The van der Waals surface area contributed by atoms with Crippen LogP contribution in [0.1, 0.15) is 11.1 Å². The van der Waals surface area contributed by atoms with Crippen molar-refractivity contribution in [3.05, 3.63) is 42.0 Å². The highest BCUT2D eigenvalue weighted by atomic mass is 16.5. The maximum Gasteiger partial charge on any atom is 0.0967 e. The average molecular weight is 177 g/mol. The second-order valence-corrected chi connectivity index (χ2v) is 2.79. The quantitative estimate of drug-likeness (QED) is 0.549. The number of hydrogen-bond donors (Lipinski definition) is 1. The predicted octanol–water partition coefficient (Wildman–Crippen LogP) is 2.02. The largest absolute Gasteiger partial charge is 0.362 e. The molecule has 0 saturated carbocycles. The van der Waals surface area contributed by atoms with Crippen LogP contribution in [0.2, 0.25) is 0 Å². The molecule has 0 aromatic heterocycles. The van der Waals surface area contributed by atoms with Gasteiger partial charge >= 0.3 is 0 Å². The van der Waals surface area contributed by atoms with Crippen molar-refractivity contribution in [2.75, 3.05) is 13.8 Å². The number of rotatable bonds is 5. The zero-order chi connectivity index (χ0) is 9.52. The maximum absolute atomic E-state index is 5.31. The number of hydrogen-bond acceptors (Lipinski definition) is 2. The van der Waals surface area contributed by atoms with E-state index in [9.17, 15) is 0 Å². The minimum Gasteiger partial charge on any atom is -0.362 e. The van der Waals surface area contributed by atoms with Crippen LogP contribution in [-0.4, -0.2) is 13.8 Å². The van der Waals surface area contributed by atoms with Gasteiger partial charge in [-0.3, -0.25) is 5.32 Å². The Morgan fingerprint density at radius 3 is 2.62 bits per heavy atom. The van der Waals surface area contributed by atoms with E-state index in [0.29, 0.717) is 13.3 Å². The minimum atomic E-state index is 0.587. The molecule has 0 amide bonds. The Morgan fingerprint density at radius 1 is 1.38 bits per heavy atom. The van der Waals surface area contributed by atoms with E-state index in [2.05, 4.69) is 11.9 Å². The smallest absolute Gasteiger partial charge is 0.0967 e. The van der Waals surface area contributed by atoms with Crippen LogP contribution < -0.4 is 5.32 Å². The first-order valence-corrected chi connectivity index (χ1v) is 4.30. The van der Waals surface area contributed by atoms with Crippen molar-refractivity contribution in [3.8, 4) is 0 Å².